The van der Waals surface area contributed by atoms with Gasteiger partial charge in [-0.3, -0.25) is 0 Å². The van der Waals surface area contributed by atoms with Gasteiger partial charge >= 0.3 is 0 Å². The molecule has 1 saturated carbocycles. The van der Waals surface area contributed by atoms with Gasteiger partial charge in [0, 0.05) is 11.7 Å². The maximum Gasteiger partial charge on any atom is 0.136 e. The highest BCUT2D eigenvalue weighted by Gasteiger charge is 2.20. The maximum atomic E-state index is 5.75. The van der Waals surface area contributed by atoms with Crippen LogP contribution in [-0.2, 0) is 0 Å². The second-order valence-electron chi connectivity index (χ2n) is 5.33. The first kappa shape index (κ1) is 13.3. The minimum absolute atomic E-state index is 0.411. The molecule has 1 heterocycles. The summed E-state index contributed by atoms with van der Waals surface area (Å²) in [6.07, 6.45) is 5.03. The van der Waals surface area contributed by atoms with E-state index in [1.165, 1.54) is 25.7 Å². The molecule has 2 rings (SSSR count). The van der Waals surface area contributed by atoms with E-state index in [0.717, 1.165) is 23.0 Å². The monoisotopic (exact) mass is 263 g/mol. The van der Waals surface area contributed by atoms with Gasteiger partial charge in [0.05, 0.1) is 5.56 Å². The van der Waals surface area contributed by atoms with E-state index in [-0.39, 0.29) is 0 Å². The quantitative estimate of drug-likeness (QED) is 0.823. The molecule has 0 aromatic carbocycles. The van der Waals surface area contributed by atoms with Crippen molar-refractivity contribution in [1.82, 2.24) is 4.98 Å². The lowest BCUT2D eigenvalue weighted by atomic mass is 9.87. The van der Waals surface area contributed by atoms with Gasteiger partial charge in [-0.05, 0) is 37.8 Å². The SMILES string of the molecule is Cc1ccc(C(N)=S)c(NC2CCCC(C)C2)n1. The molecular formula is C14H21N3S. The first-order valence-corrected chi connectivity index (χ1v) is 7.01. The fourth-order valence-electron chi connectivity index (χ4n) is 2.62. The summed E-state index contributed by atoms with van der Waals surface area (Å²) in [7, 11) is 0. The number of hydrogen-bond donors (Lipinski definition) is 2. The zero-order valence-corrected chi connectivity index (χ0v) is 11.9. The second kappa shape index (κ2) is 5.65. The van der Waals surface area contributed by atoms with E-state index in [9.17, 15) is 0 Å². The summed E-state index contributed by atoms with van der Waals surface area (Å²) in [4.78, 5) is 4.95. The number of rotatable bonds is 3. The van der Waals surface area contributed by atoms with E-state index < -0.39 is 0 Å². The number of nitrogens with two attached hydrogens (primary N) is 1. The highest BCUT2D eigenvalue weighted by molar-refractivity contribution is 7.80. The van der Waals surface area contributed by atoms with Crippen LogP contribution in [0.5, 0.6) is 0 Å². The fraction of sp³-hybridized carbons (Fsp3) is 0.571. The van der Waals surface area contributed by atoms with Gasteiger partial charge in [0.25, 0.3) is 0 Å². The standard InChI is InChI=1S/C14H21N3S/c1-9-4-3-5-11(8-9)17-14-12(13(15)18)7-6-10(2)16-14/h6-7,9,11H,3-5,8H2,1-2H3,(H2,15,18)(H,16,17). The predicted octanol–water partition coefficient (Wildman–Crippen LogP) is 3.01. The number of hydrogen-bond acceptors (Lipinski definition) is 3. The molecule has 0 bridgehead atoms. The van der Waals surface area contributed by atoms with Gasteiger partial charge in [0.15, 0.2) is 0 Å². The predicted molar refractivity (Wildman–Crippen MR) is 79.9 cm³/mol. The molecule has 3 nitrogen and oxygen atoms in total. The van der Waals surface area contributed by atoms with Gasteiger partial charge in [-0.2, -0.15) is 0 Å². The molecule has 3 N–H and O–H groups in total. The van der Waals surface area contributed by atoms with E-state index >= 15 is 0 Å². The van der Waals surface area contributed by atoms with Crippen LogP contribution < -0.4 is 11.1 Å². The highest BCUT2D eigenvalue weighted by atomic mass is 32.1. The third-order valence-corrected chi connectivity index (χ3v) is 3.80. The molecule has 1 aromatic heterocycles. The first-order chi connectivity index (χ1) is 8.56. The summed E-state index contributed by atoms with van der Waals surface area (Å²) in [5, 5.41) is 3.52. The number of nitrogens with one attached hydrogen (secondary N) is 1. The van der Waals surface area contributed by atoms with Gasteiger partial charge in [-0.25, -0.2) is 4.98 Å². The molecule has 1 aliphatic carbocycles. The van der Waals surface area contributed by atoms with E-state index in [4.69, 9.17) is 18.0 Å². The Kier molecular flexibility index (Phi) is 4.17. The Hall–Kier alpha value is -1.16. The summed E-state index contributed by atoms with van der Waals surface area (Å²) >= 11 is 5.08. The van der Waals surface area contributed by atoms with Crippen molar-refractivity contribution in [3.8, 4) is 0 Å². The summed E-state index contributed by atoms with van der Waals surface area (Å²) in [5.41, 5.74) is 7.59. The van der Waals surface area contributed by atoms with Crippen molar-refractivity contribution in [3.05, 3.63) is 23.4 Å². The number of aryl methyl sites for hydroxylation is 1. The Morgan fingerprint density at radius 1 is 1.44 bits per heavy atom. The van der Waals surface area contributed by atoms with Crippen molar-refractivity contribution in [3.63, 3.8) is 0 Å². The van der Waals surface area contributed by atoms with Crippen LogP contribution in [0.1, 0.15) is 43.9 Å². The van der Waals surface area contributed by atoms with Gasteiger partial charge in [-0.1, -0.05) is 32.0 Å². The van der Waals surface area contributed by atoms with Crippen LogP contribution in [0.3, 0.4) is 0 Å². The Morgan fingerprint density at radius 2 is 2.22 bits per heavy atom. The van der Waals surface area contributed by atoms with Crippen molar-refractivity contribution in [2.75, 3.05) is 5.32 Å². The van der Waals surface area contributed by atoms with Crippen molar-refractivity contribution >= 4 is 23.0 Å². The van der Waals surface area contributed by atoms with E-state index in [2.05, 4.69) is 17.2 Å². The molecule has 2 atom stereocenters. The molecule has 0 spiro atoms. The van der Waals surface area contributed by atoms with Crippen LogP contribution >= 0.6 is 12.2 Å². The molecule has 0 amide bonds. The van der Waals surface area contributed by atoms with Gasteiger partial charge in [0.2, 0.25) is 0 Å². The van der Waals surface area contributed by atoms with E-state index in [0.29, 0.717) is 11.0 Å². The van der Waals surface area contributed by atoms with Crippen molar-refractivity contribution in [1.29, 1.82) is 0 Å². The number of anilines is 1. The second-order valence-corrected chi connectivity index (χ2v) is 5.77. The Morgan fingerprint density at radius 3 is 2.89 bits per heavy atom. The van der Waals surface area contributed by atoms with Gasteiger partial charge in [0.1, 0.15) is 10.8 Å². The molecule has 1 aliphatic rings. The summed E-state index contributed by atoms with van der Waals surface area (Å²) in [5.74, 6) is 1.64. The Bertz CT molecular complexity index is 445. The Labute approximate surface area is 114 Å². The number of thiocarbonyl (C=S) groups is 1. The molecule has 0 saturated heterocycles. The third kappa shape index (κ3) is 3.19. The molecule has 18 heavy (non-hydrogen) atoms. The lowest BCUT2D eigenvalue weighted by Crippen LogP contribution is -2.28. The number of pyridine rings is 1. The normalized spacial score (nSPS) is 23.7. The maximum absolute atomic E-state index is 5.75. The smallest absolute Gasteiger partial charge is 0.136 e. The molecule has 4 heteroatoms. The van der Waals surface area contributed by atoms with E-state index in [1.54, 1.807) is 0 Å². The van der Waals surface area contributed by atoms with Crippen LogP contribution in [-0.4, -0.2) is 16.0 Å². The number of aromatic nitrogens is 1. The van der Waals surface area contributed by atoms with Crippen LogP contribution in [0.25, 0.3) is 0 Å². The molecule has 0 aliphatic heterocycles. The zero-order chi connectivity index (χ0) is 13.1. The van der Waals surface area contributed by atoms with Crippen molar-refractivity contribution in [2.45, 2.75) is 45.6 Å². The lowest BCUT2D eigenvalue weighted by Gasteiger charge is -2.28. The van der Waals surface area contributed by atoms with Gasteiger partial charge < -0.3 is 11.1 Å². The molecule has 98 valence electrons. The minimum atomic E-state index is 0.411. The zero-order valence-electron chi connectivity index (χ0n) is 11.1. The molecular weight excluding hydrogens is 242 g/mol. The van der Waals surface area contributed by atoms with Crippen molar-refractivity contribution < 1.29 is 0 Å². The highest BCUT2D eigenvalue weighted by Crippen LogP contribution is 2.26. The number of nitrogens with zero attached hydrogens (tertiary/aromatic N) is 1. The fourth-order valence-corrected chi connectivity index (χ4v) is 2.79. The summed E-state index contributed by atoms with van der Waals surface area (Å²) < 4.78 is 0. The van der Waals surface area contributed by atoms with Crippen LogP contribution in [0.2, 0.25) is 0 Å². The summed E-state index contributed by atoms with van der Waals surface area (Å²) in [6.45, 7) is 4.30. The molecule has 2 unspecified atom stereocenters. The molecule has 1 fully saturated rings. The summed E-state index contributed by atoms with van der Waals surface area (Å²) in [6, 6.07) is 4.40. The van der Waals surface area contributed by atoms with Crippen LogP contribution in [0.15, 0.2) is 12.1 Å². The molecule has 1 aromatic rings. The topological polar surface area (TPSA) is 50.9 Å². The first-order valence-electron chi connectivity index (χ1n) is 6.60. The van der Waals surface area contributed by atoms with Crippen LogP contribution in [0, 0.1) is 12.8 Å². The minimum Gasteiger partial charge on any atom is -0.389 e. The van der Waals surface area contributed by atoms with Crippen molar-refractivity contribution in [2.24, 2.45) is 11.7 Å². The third-order valence-electron chi connectivity index (χ3n) is 3.58. The lowest BCUT2D eigenvalue weighted by molar-refractivity contribution is 0.358. The van der Waals surface area contributed by atoms with E-state index in [1.807, 2.05) is 19.1 Å². The largest absolute Gasteiger partial charge is 0.389 e. The average molecular weight is 263 g/mol. The Balaban J connectivity index is 2.16. The van der Waals surface area contributed by atoms with Crippen LogP contribution in [0.4, 0.5) is 5.82 Å². The molecule has 0 radical (unpaired) electrons. The average Bonchev–Trinajstić information content (AvgIpc) is 2.28. The van der Waals surface area contributed by atoms with Gasteiger partial charge in [-0.15, -0.1) is 0 Å².